The molecular weight excluding hydrogens is 237 g/mol. The summed E-state index contributed by atoms with van der Waals surface area (Å²) < 4.78 is 13.1. The van der Waals surface area contributed by atoms with Crippen molar-refractivity contribution in [3.05, 3.63) is 28.5 Å². The van der Waals surface area contributed by atoms with Crippen molar-refractivity contribution < 1.29 is 19.7 Å². The summed E-state index contributed by atoms with van der Waals surface area (Å²) in [5, 5.41) is 31.2. The van der Waals surface area contributed by atoms with Crippen LogP contribution in [-0.2, 0) is 0 Å². The second-order valence-corrected chi connectivity index (χ2v) is 3.83. The predicted octanol–water partition coefficient (Wildman–Crippen LogP) is 0.798. The fraction of sp³-hybridized carbons (Fsp3) is 0.400. The number of halogens is 2. The topological polar surface area (TPSA) is 72.7 Å². The maximum atomic E-state index is 13.1. The zero-order valence-electron chi connectivity index (χ0n) is 8.61. The van der Waals surface area contributed by atoms with E-state index in [1.807, 2.05) is 0 Å². The molecule has 0 bridgehead atoms. The van der Waals surface area contributed by atoms with Gasteiger partial charge in [0, 0.05) is 17.1 Å². The molecule has 4 N–H and O–H groups in total. The van der Waals surface area contributed by atoms with Crippen molar-refractivity contribution >= 4 is 11.6 Å². The second kappa shape index (κ2) is 5.45. The van der Waals surface area contributed by atoms with Crippen LogP contribution in [0.3, 0.4) is 0 Å². The van der Waals surface area contributed by atoms with E-state index in [2.05, 4.69) is 5.32 Å². The van der Waals surface area contributed by atoms with Crippen LogP contribution in [0.2, 0.25) is 5.02 Å². The number of hydrogen-bond donors (Lipinski definition) is 4. The van der Waals surface area contributed by atoms with Gasteiger partial charge in [0.2, 0.25) is 0 Å². The highest BCUT2D eigenvalue weighted by atomic mass is 35.5. The molecule has 1 aromatic carbocycles. The van der Waals surface area contributed by atoms with E-state index in [0.29, 0.717) is 0 Å². The van der Waals surface area contributed by atoms with E-state index in [9.17, 15) is 19.7 Å². The lowest BCUT2D eigenvalue weighted by atomic mass is 10.0. The molecule has 6 heteroatoms. The molecule has 1 aromatic rings. The molecule has 0 aliphatic heterocycles. The smallest absolute Gasteiger partial charge is 0.166 e. The molecule has 2 unspecified atom stereocenters. The van der Waals surface area contributed by atoms with Gasteiger partial charge in [-0.05, 0) is 19.2 Å². The monoisotopic (exact) mass is 249 g/mol. The van der Waals surface area contributed by atoms with E-state index in [1.165, 1.54) is 6.07 Å². The molecule has 16 heavy (non-hydrogen) atoms. The van der Waals surface area contributed by atoms with Crippen molar-refractivity contribution in [2.45, 2.75) is 12.2 Å². The molecule has 4 nitrogen and oxygen atoms in total. The number of phenols is 1. The summed E-state index contributed by atoms with van der Waals surface area (Å²) in [7, 11) is 1.59. The van der Waals surface area contributed by atoms with Gasteiger partial charge >= 0.3 is 0 Å². The predicted molar refractivity (Wildman–Crippen MR) is 58.0 cm³/mol. The Morgan fingerprint density at radius 1 is 1.44 bits per heavy atom. The molecule has 2 atom stereocenters. The number of aliphatic hydroxyl groups is 2. The summed E-state index contributed by atoms with van der Waals surface area (Å²) >= 11 is 5.59. The average molecular weight is 250 g/mol. The number of nitrogens with one attached hydrogen (secondary N) is 1. The number of likely N-dealkylation sites (N-methyl/N-ethyl adjacent to an activating group) is 1. The van der Waals surface area contributed by atoms with Crippen LogP contribution in [0.4, 0.5) is 4.39 Å². The van der Waals surface area contributed by atoms with E-state index in [1.54, 1.807) is 7.05 Å². The lowest BCUT2D eigenvalue weighted by molar-refractivity contribution is 0.0186. The van der Waals surface area contributed by atoms with Crippen molar-refractivity contribution in [3.63, 3.8) is 0 Å². The van der Waals surface area contributed by atoms with Crippen LogP contribution < -0.4 is 5.32 Å². The molecule has 0 saturated heterocycles. The highest BCUT2D eigenvalue weighted by Crippen LogP contribution is 2.31. The van der Waals surface area contributed by atoms with E-state index < -0.39 is 23.8 Å². The van der Waals surface area contributed by atoms with E-state index >= 15 is 0 Å². The SMILES string of the molecule is CNCC(O)C(O)c1cc(Cl)cc(F)c1O. The minimum atomic E-state index is -1.40. The summed E-state index contributed by atoms with van der Waals surface area (Å²) in [6.07, 6.45) is -2.56. The molecule has 1 rings (SSSR count). The number of aromatic hydroxyl groups is 1. The summed E-state index contributed by atoms with van der Waals surface area (Å²) in [6.45, 7) is 0.106. The van der Waals surface area contributed by atoms with E-state index in [0.717, 1.165) is 6.07 Å². The molecule has 0 saturated carbocycles. The van der Waals surface area contributed by atoms with E-state index in [-0.39, 0.29) is 17.1 Å². The highest BCUT2D eigenvalue weighted by molar-refractivity contribution is 6.30. The van der Waals surface area contributed by atoms with Crippen LogP contribution in [0.15, 0.2) is 12.1 Å². The molecule has 90 valence electrons. The molecule has 0 radical (unpaired) electrons. The first-order valence-corrected chi connectivity index (χ1v) is 5.03. The molecule has 0 aliphatic rings. The van der Waals surface area contributed by atoms with Crippen LogP contribution in [0.1, 0.15) is 11.7 Å². The quantitative estimate of drug-likeness (QED) is 0.637. The number of hydrogen-bond acceptors (Lipinski definition) is 4. The zero-order valence-corrected chi connectivity index (χ0v) is 9.37. The maximum absolute atomic E-state index is 13.1. The van der Waals surface area contributed by atoms with Gasteiger partial charge in [-0.1, -0.05) is 11.6 Å². The number of aliphatic hydroxyl groups excluding tert-OH is 2. The molecular formula is C10H13ClFNO3. The van der Waals surface area contributed by atoms with Crippen LogP contribution in [0, 0.1) is 5.82 Å². The third-order valence-corrected chi connectivity index (χ3v) is 2.37. The van der Waals surface area contributed by atoms with E-state index in [4.69, 9.17) is 11.6 Å². The fourth-order valence-electron chi connectivity index (χ4n) is 1.34. The molecule has 0 heterocycles. The average Bonchev–Trinajstić information content (AvgIpc) is 2.22. The molecule has 0 amide bonds. The Balaban J connectivity index is 3.03. The largest absolute Gasteiger partial charge is 0.505 e. The first kappa shape index (κ1) is 13.2. The lowest BCUT2D eigenvalue weighted by Gasteiger charge is -2.19. The van der Waals surface area contributed by atoms with Gasteiger partial charge < -0.3 is 20.6 Å². The normalized spacial score (nSPS) is 14.8. The zero-order chi connectivity index (χ0) is 12.3. The Kier molecular flexibility index (Phi) is 4.49. The Labute approximate surface area is 97.3 Å². The summed E-state index contributed by atoms with van der Waals surface area (Å²) in [5.74, 6) is -1.63. The number of phenolic OH excluding ortho intramolecular Hbond substituents is 1. The van der Waals surface area contributed by atoms with Gasteiger partial charge in [-0.15, -0.1) is 0 Å². The third-order valence-electron chi connectivity index (χ3n) is 2.15. The van der Waals surface area contributed by atoms with Crippen molar-refractivity contribution in [1.82, 2.24) is 5.32 Å². The van der Waals surface area contributed by atoms with Gasteiger partial charge in [-0.3, -0.25) is 0 Å². The van der Waals surface area contributed by atoms with Gasteiger partial charge in [0.25, 0.3) is 0 Å². The fourth-order valence-corrected chi connectivity index (χ4v) is 1.55. The number of benzene rings is 1. The minimum Gasteiger partial charge on any atom is -0.505 e. The number of rotatable bonds is 4. The second-order valence-electron chi connectivity index (χ2n) is 3.40. The summed E-state index contributed by atoms with van der Waals surface area (Å²) in [4.78, 5) is 0. The van der Waals surface area contributed by atoms with Crippen molar-refractivity contribution in [1.29, 1.82) is 0 Å². The highest BCUT2D eigenvalue weighted by Gasteiger charge is 2.23. The van der Waals surface area contributed by atoms with Crippen molar-refractivity contribution in [2.24, 2.45) is 0 Å². The summed E-state index contributed by atoms with van der Waals surface area (Å²) in [6, 6.07) is 2.14. The Bertz CT molecular complexity index is 375. The Hall–Kier alpha value is -0.880. The molecule has 0 aromatic heterocycles. The minimum absolute atomic E-state index is 0.0426. The van der Waals surface area contributed by atoms with Gasteiger partial charge in [-0.25, -0.2) is 4.39 Å². The van der Waals surface area contributed by atoms with Crippen LogP contribution >= 0.6 is 11.6 Å². The summed E-state index contributed by atoms with van der Waals surface area (Å²) in [5.41, 5.74) is -0.132. The van der Waals surface area contributed by atoms with Gasteiger partial charge in [0.15, 0.2) is 11.6 Å². The maximum Gasteiger partial charge on any atom is 0.166 e. The van der Waals surface area contributed by atoms with Crippen LogP contribution in [0.25, 0.3) is 0 Å². The first-order chi connectivity index (χ1) is 7.47. The Morgan fingerprint density at radius 2 is 2.06 bits per heavy atom. The molecule has 0 spiro atoms. The third kappa shape index (κ3) is 2.82. The van der Waals surface area contributed by atoms with Crippen LogP contribution in [0.5, 0.6) is 5.75 Å². The van der Waals surface area contributed by atoms with Crippen molar-refractivity contribution in [3.8, 4) is 5.75 Å². The van der Waals surface area contributed by atoms with Gasteiger partial charge in [0.1, 0.15) is 6.10 Å². The first-order valence-electron chi connectivity index (χ1n) is 4.66. The van der Waals surface area contributed by atoms with Crippen LogP contribution in [-0.4, -0.2) is 35.0 Å². The standard InChI is InChI=1S/C10H13ClFNO3/c1-13-4-8(14)10(16)6-2-5(11)3-7(12)9(6)15/h2-3,8,10,13-16H,4H2,1H3. The molecule has 0 fully saturated rings. The van der Waals surface area contributed by atoms with Gasteiger partial charge in [0.05, 0.1) is 6.10 Å². The molecule has 0 aliphatic carbocycles. The lowest BCUT2D eigenvalue weighted by Crippen LogP contribution is -2.29. The van der Waals surface area contributed by atoms with Gasteiger partial charge in [-0.2, -0.15) is 0 Å². The Morgan fingerprint density at radius 3 is 2.62 bits per heavy atom. The van der Waals surface area contributed by atoms with Crippen molar-refractivity contribution in [2.75, 3.05) is 13.6 Å².